The van der Waals surface area contributed by atoms with Crippen molar-refractivity contribution in [2.75, 3.05) is 38.2 Å². The lowest BCUT2D eigenvalue weighted by Crippen LogP contribution is -2.39. The van der Waals surface area contributed by atoms with Gasteiger partial charge < -0.3 is 15.7 Å². The molecule has 0 saturated carbocycles. The number of carbonyl (C=O) groups is 1. The number of carbonyl (C=O) groups excluding carboxylic acids is 1. The monoisotopic (exact) mass is 403 g/mol. The summed E-state index contributed by atoms with van der Waals surface area (Å²) in [5, 5.41) is 10.1. The van der Waals surface area contributed by atoms with Gasteiger partial charge in [0, 0.05) is 25.6 Å². The standard InChI is InChI=1S/C17H26ClN3O4S/c1-26(24,25)20-6-9-21-7-4-12(5-8-21)2-3-16(22)13-10-14(18)15(19)11-17(13)23/h10-12,20,23H,2-9,19H2,1H3. The lowest BCUT2D eigenvalue weighted by molar-refractivity contribution is 0.0960. The van der Waals surface area contributed by atoms with Crippen LogP contribution in [0.1, 0.15) is 36.0 Å². The topological polar surface area (TPSA) is 113 Å². The van der Waals surface area contributed by atoms with Crippen LogP contribution in [0.25, 0.3) is 0 Å². The highest BCUT2D eigenvalue weighted by Gasteiger charge is 2.21. The Balaban J connectivity index is 1.75. The zero-order valence-corrected chi connectivity index (χ0v) is 16.4. The first-order chi connectivity index (χ1) is 12.2. The van der Waals surface area contributed by atoms with Gasteiger partial charge in [-0.3, -0.25) is 4.79 Å². The number of phenols is 1. The van der Waals surface area contributed by atoms with Gasteiger partial charge in [-0.15, -0.1) is 0 Å². The van der Waals surface area contributed by atoms with Crippen LogP contribution in [0.5, 0.6) is 5.75 Å². The molecule has 4 N–H and O–H groups in total. The summed E-state index contributed by atoms with van der Waals surface area (Å²) in [5.74, 6) is 0.179. The van der Waals surface area contributed by atoms with E-state index in [1.54, 1.807) is 0 Å². The maximum Gasteiger partial charge on any atom is 0.208 e. The number of ketones is 1. The van der Waals surface area contributed by atoms with Crippen molar-refractivity contribution in [2.24, 2.45) is 5.92 Å². The molecule has 0 spiro atoms. The van der Waals surface area contributed by atoms with Gasteiger partial charge in [0.15, 0.2) is 5.78 Å². The molecule has 1 aromatic rings. The fourth-order valence-corrected chi connectivity index (χ4v) is 3.78. The number of nitrogens with zero attached hydrogens (tertiary/aromatic N) is 1. The summed E-state index contributed by atoms with van der Waals surface area (Å²) in [6, 6.07) is 2.73. The third-order valence-electron chi connectivity index (χ3n) is 4.69. The number of anilines is 1. The summed E-state index contributed by atoms with van der Waals surface area (Å²) in [7, 11) is -3.14. The van der Waals surface area contributed by atoms with Gasteiger partial charge in [0.25, 0.3) is 0 Å². The summed E-state index contributed by atoms with van der Waals surface area (Å²) in [4.78, 5) is 14.6. The van der Waals surface area contributed by atoms with Crippen molar-refractivity contribution in [3.63, 3.8) is 0 Å². The van der Waals surface area contributed by atoms with E-state index in [2.05, 4.69) is 9.62 Å². The van der Waals surface area contributed by atoms with Gasteiger partial charge >= 0.3 is 0 Å². The second kappa shape index (κ2) is 9.03. The van der Waals surface area contributed by atoms with E-state index >= 15 is 0 Å². The molecule has 0 aromatic heterocycles. The number of hydrogen-bond donors (Lipinski definition) is 3. The van der Waals surface area contributed by atoms with Crippen molar-refractivity contribution in [2.45, 2.75) is 25.7 Å². The number of nitrogens with two attached hydrogens (primary N) is 1. The molecule has 1 aliphatic heterocycles. The average Bonchev–Trinajstić information content (AvgIpc) is 2.56. The maximum atomic E-state index is 12.3. The number of likely N-dealkylation sites (tertiary alicyclic amines) is 1. The minimum atomic E-state index is -3.14. The summed E-state index contributed by atoms with van der Waals surface area (Å²) < 4.78 is 24.6. The van der Waals surface area contributed by atoms with E-state index in [1.165, 1.54) is 12.1 Å². The predicted octanol–water partition coefficient (Wildman–Crippen LogP) is 1.85. The minimum absolute atomic E-state index is 0.134. The van der Waals surface area contributed by atoms with Gasteiger partial charge in [-0.1, -0.05) is 11.6 Å². The van der Waals surface area contributed by atoms with Crippen LogP contribution < -0.4 is 10.5 Å². The SMILES string of the molecule is CS(=O)(=O)NCCN1CCC(CCC(=O)c2cc(Cl)c(N)cc2O)CC1. The molecule has 1 heterocycles. The number of sulfonamides is 1. The molecular weight excluding hydrogens is 378 g/mol. The van der Waals surface area contributed by atoms with Crippen molar-refractivity contribution in [1.29, 1.82) is 0 Å². The van der Waals surface area contributed by atoms with Crippen LogP contribution in [-0.2, 0) is 10.0 Å². The quantitative estimate of drug-likeness (QED) is 0.451. The number of benzene rings is 1. The van der Waals surface area contributed by atoms with E-state index in [1.807, 2.05) is 0 Å². The maximum absolute atomic E-state index is 12.3. The number of hydrogen-bond acceptors (Lipinski definition) is 6. The molecule has 26 heavy (non-hydrogen) atoms. The number of phenolic OH excluding ortho intramolecular Hbond substituents is 1. The molecule has 0 atom stereocenters. The first-order valence-electron chi connectivity index (χ1n) is 8.64. The van der Waals surface area contributed by atoms with Crippen molar-refractivity contribution in [1.82, 2.24) is 9.62 Å². The third-order valence-corrected chi connectivity index (χ3v) is 5.75. The van der Waals surface area contributed by atoms with Gasteiger partial charge in [-0.05, 0) is 44.3 Å². The Hall–Kier alpha value is -1.35. The number of nitrogen functional groups attached to an aromatic ring is 1. The molecule has 1 fully saturated rings. The van der Waals surface area contributed by atoms with Gasteiger partial charge in [-0.25, -0.2) is 13.1 Å². The molecule has 7 nitrogen and oxygen atoms in total. The van der Waals surface area contributed by atoms with Crippen LogP contribution in [0.15, 0.2) is 12.1 Å². The fourth-order valence-electron chi connectivity index (χ4n) is 3.16. The number of rotatable bonds is 8. The van der Waals surface area contributed by atoms with E-state index < -0.39 is 10.0 Å². The van der Waals surface area contributed by atoms with Crippen LogP contribution in [0.3, 0.4) is 0 Å². The van der Waals surface area contributed by atoms with Crippen molar-refractivity contribution in [3.05, 3.63) is 22.7 Å². The van der Waals surface area contributed by atoms with Gasteiger partial charge in [-0.2, -0.15) is 0 Å². The van der Waals surface area contributed by atoms with Crippen molar-refractivity contribution < 1.29 is 18.3 Å². The molecule has 0 amide bonds. The molecule has 1 aromatic carbocycles. The largest absolute Gasteiger partial charge is 0.507 e. The molecule has 2 rings (SSSR count). The average molecular weight is 404 g/mol. The highest BCUT2D eigenvalue weighted by Crippen LogP contribution is 2.30. The van der Waals surface area contributed by atoms with Crippen molar-refractivity contribution >= 4 is 33.1 Å². The normalized spacial score (nSPS) is 16.7. The summed E-state index contributed by atoms with van der Waals surface area (Å²) in [6.07, 6.45) is 4.22. The Labute approximate surface area is 159 Å². The summed E-state index contributed by atoms with van der Waals surface area (Å²) in [6.45, 7) is 2.89. The van der Waals surface area contributed by atoms with E-state index in [0.717, 1.165) is 38.6 Å². The number of halogens is 1. The Kier molecular flexibility index (Phi) is 7.28. The summed E-state index contributed by atoms with van der Waals surface area (Å²) in [5.41, 5.74) is 6.07. The Bertz CT molecular complexity index is 747. The van der Waals surface area contributed by atoms with Crippen molar-refractivity contribution in [3.8, 4) is 5.75 Å². The highest BCUT2D eigenvalue weighted by molar-refractivity contribution is 7.88. The Morgan fingerprint density at radius 2 is 2.04 bits per heavy atom. The zero-order chi connectivity index (χ0) is 19.3. The Morgan fingerprint density at radius 1 is 1.38 bits per heavy atom. The number of piperidine rings is 1. The molecule has 1 saturated heterocycles. The zero-order valence-electron chi connectivity index (χ0n) is 14.9. The fraction of sp³-hybridized carbons (Fsp3) is 0.588. The van der Waals surface area contributed by atoms with Gasteiger partial charge in [0.2, 0.25) is 10.0 Å². The Morgan fingerprint density at radius 3 is 2.65 bits per heavy atom. The molecule has 0 unspecified atom stereocenters. The molecular formula is C17H26ClN3O4S. The molecule has 146 valence electrons. The molecule has 0 radical (unpaired) electrons. The van der Waals surface area contributed by atoms with E-state index in [9.17, 15) is 18.3 Å². The van der Waals surface area contributed by atoms with E-state index in [0.29, 0.717) is 25.4 Å². The number of Topliss-reactive ketones (excluding diaryl/α,β-unsaturated/α-hetero) is 1. The first-order valence-corrected chi connectivity index (χ1v) is 10.9. The molecule has 0 bridgehead atoms. The number of aromatic hydroxyl groups is 1. The summed E-state index contributed by atoms with van der Waals surface area (Å²) >= 11 is 5.93. The van der Waals surface area contributed by atoms with Crippen LogP contribution in [0, 0.1) is 5.92 Å². The lowest BCUT2D eigenvalue weighted by atomic mass is 9.90. The second-order valence-corrected chi connectivity index (χ2v) is 9.04. The van der Waals surface area contributed by atoms with Crippen LogP contribution in [-0.4, -0.2) is 56.6 Å². The highest BCUT2D eigenvalue weighted by atomic mass is 35.5. The van der Waals surface area contributed by atoms with Gasteiger partial charge in [0.1, 0.15) is 5.75 Å². The number of nitrogens with one attached hydrogen (secondary N) is 1. The van der Waals surface area contributed by atoms with Crippen LogP contribution in [0.2, 0.25) is 5.02 Å². The third kappa shape index (κ3) is 6.42. The molecule has 0 aliphatic carbocycles. The first kappa shape index (κ1) is 21.0. The smallest absolute Gasteiger partial charge is 0.208 e. The molecule has 9 heteroatoms. The van der Waals surface area contributed by atoms with E-state index in [-0.39, 0.29) is 27.8 Å². The van der Waals surface area contributed by atoms with Gasteiger partial charge in [0.05, 0.1) is 22.5 Å². The second-order valence-electron chi connectivity index (χ2n) is 6.80. The van der Waals surface area contributed by atoms with Crippen LogP contribution >= 0.6 is 11.6 Å². The lowest BCUT2D eigenvalue weighted by Gasteiger charge is -2.31. The van der Waals surface area contributed by atoms with Crippen LogP contribution in [0.4, 0.5) is 5.69 Å². The predicted molar refractivity (Wildman–Crippen MR) is 103 cm³/mol. The molecule has 1 aliphatic rings. The van der Waals surface area contributed by atoms with E-state index in [4.69, 9.17) is 17.3 Å². The minimum Gasteiger partial charge on any atom is -0.507 e.